The fourth-order valence-electron chi connectivity index (χ4n) is 2.79. The van der Waals surface area contributed by atoms with Crippen molar-refractivity contribution >= 4 is 5.82 Å². The Balaban J connectivity index is 2.10. The van der Waals surface area contributed by atoms with Gasteiger partial charge in [-0.25, -0.2) is 4.98 Å². The fraction of sp³-hybridized carbons (Fsp3) is 0.667. The van der Waals surface area contributed by atoms with Gasteiger partial charge >= 0.3 is 6.18 Å². The number of methoxy groups -OCH3 is 1. The molecule has 7 heteroatoms. The molecular formula is C15H21F3N2O2. The Morgan fingerprint density at radius 1 is 1.50 bits per heavy atom. The monoisotopic (exact) mass is 318 g/mol. The van der Waals surface area contributed by atoms with Crippen molar-refractivity contribution < 1.29 is 23.0 Å². The van der Waals surface area contributed by atoms with Crippen LogP contribution in [-0.2, 0) is 10.9 Å². The van der Waals surface area contributed by atoms with Crippen molar-refractivity contribution in [2.75, 3.05) is 31.7 Å². The van der Waals surface area contributed by atoms with E-state index in [1.54, 1.807) is 12.0 Å². The Morgan fingerprint density at radius 3 is 2.82 bits per heavy atom. The molecule has 1 aliphatic heterocycles. The van der Waals surface area contributed by atoms with Gasteiger partial charge in [0.25, 0.3) is 0 Å². The molecule has 0 radical (unpaired) electrons. The topological polar surface area (TPSA) is 45.6 Å². The molecule has 0 saturated carbocycles. The lowest BCUT2D eigenvalue weighted by Crippen LogP contribution is -2.51. The summed E-state index contributed by atoms with van der Waals surface area (Å²) in [5.41, 5.74) is -1.54. The lowest BCUT2D eigenvalue weighted by Gasteiger charge is -2.43. The van der Waals surface area contributed by atoms with Gasteiger partial charge in [-0.05, 0) is 25.0 Å². The molecule has 1 aromatic heterocycles. The third-order valence-electron chi connectivity index (χ3n) is 4.36. The molecule has 1 aromatic rings. The van der Waals surface area contributed by atoms with Crippen LogP contribution in [0.25, 0.3) is 0 Å². The molecule has 22 heavy (non-hydrogen) atoms. The van der Waals surface area contributed by atoms with Gasteiger partial charge < -0.3 is 14.7 Å². The summed E-state index contributed by atoms with van der Waals surface area (Å²) >= 11 is 0. The zero-order valence-electron chi connectivity index (χ0n) is 12.7. The number of aromatic nitrogens is 1. The minimum atomic E-state index is -4.38. The van der Waals surface area contributed by atoms with Crippen LogP contribution >= 0.6 is 0 Å². The number of halogens is 3. The van der Waals surface area contributed by atoms with E-state index in [0.717, 1.165) is 12.1 Å². The van der Waals surface area contributed by atoms with Crippen LogP contribution in [0.3, 0.4) is 0 Å². The molecule has 0 unspecified atom stereocenters. The van der Waals surface area contributed by atoms with Crippen molar-refractivity contribution in [3.05, 3.63) is 23.9 Å². The summed E-state index contributed by atoms with van der Waals surface area (Å²) in [7, 11) is 1.58. The van der Waals surface area contributed by atoms with E-state index >= 15 is 0 Å². The largest absolute Gasteiger partial charge is 0.416 e. The van der Waals surface area contributed by atoms with Gasteiger partial charge in [0.05, 0.1) is 11.2 Å². The van der Waals surface area contributed by atoms with Crippen LogP contribution in [0.1, 0.15) is 25.3 Å². The maximum atomic E-state index is 12.8. The van der Waals surface area contributed by atoms with Crippen molar-refractivity contribution in [2.24, 2.45) is 5.92 Å². The van der Waals surface area contributed by atoms with Gasteiger partial charge in [-0.15, -0.1) is 0 Å². The molecule has 0 spiro atoms. The summed E-state index contributed by atoms with van der Waals surface area (Å²) in [5, 5.41) is 10.6. The van der Waals surface area contributed by atoms with E-state index in [1.165, 1.54) is 6.20 Å². The average Bonchev–Trinajstić information content (AvgIpc) is 2.47. The van der Waals surface area contributed by atoms with Crippen LogP contribution < -0.4 is 4.90 Å². The standard InChI is InChI=1S/C15H21F3N2O2/c1-11-10-20(7-4-14(11,21)5-8-22-2)13-9-12(3-6-19-13)15(16,17)18/h3,6,9,11,21H,4-5,7-8,10H2,1-2H3/t11-,14-/m0/s1. The number of ether oxygens (including phenoxy) is 1. The van der Waals surface area contributed by atoms with Gasteiger partial charge in [-0.1, -0.05) is 6.92 Å². The lowest BCUT2D eigenvalue weighted by atomic mass is 9.80. The Morgan fingerprint density at radius 2 is 2.23 bits per heavy atom. The van der Waals surface area contributed by atoms with Gasteiger partial charge in [0.1, 0.15) is 5.82 Å². The van der Waals surface area contributed by atoms with E-state index in [9.17, 15) is 18.3 Å². The summed E-state index contributed by atoms with van der Waals surface area (Å²) < 4.78 is 43.3. The first-order valence-electron chi connectivity index (χ1n) is 7.26. The second kappa shape index (κ2) is 6.42. The highest BCUT2D eigenvalue weighted by Crippen LogP contribution is 2.35. The van der Waals surface area contributed by atoms with E-state index in [1.807, 2.05) is 6.92 Å². The van der Waals surface area contributed by atoms with Crippen LogP contribution in [0.5, 0.6) is 0 Å². The number of nitrogens with zero attached hydrogens (tertiary/aromatic N) is 2. The molecule has 2 rings (SSSR count). The number of pyridine rings is 1. The van der Waals surface area contributed by atoms with Crippen LogP contribution in [0.15, 0.2) is 18.3 Å². The third kappa shape index (κ3) is 3.70. The highest BCUT2D eigenvalue weighted by molar-refractivity contribution is 5.42. The highest BCUT2D eigenvalue weighted by atomic mass is 19.4. The fourth-order valence-corrected chi connectivity index (χ4v) is 2.79. The summed E-state index contributed by atoms with van der Waals surface area (Å²) in [4.78, 5) is 5.83. The maximum absolute atomic E-state index is 12.8. The van der Waals surface area contributed by atoms with E-state index in [4.69, 9.17) is 4.74 Å². The minimum absolute atomic E-state index is 0.0762. The Labute approximate surface area is 127 Å². The first-order chi connectivity index (χ1) is 10.3. The van der Waals surface area contributed by atoms with Gasteiger partial charge in [0.2, 0.25) is 0 Å². The van der Waals surface area contributed by atoms with Crippen LogP contribution in [0, 0.1) is 5.92 Å². The highest BCUT2D eigenvalue weighted by Gasteiger charge is 2.39. The maximum Gasteiger partial charge on any atom is 0.416 e. The first-order valence-corrected chi connectivity index (χ1v) is 7.26. The van der Waals surface area contributed by atoms with Crippen molar-refractivity contribution in [1.29, 1.82) is 0 Å². The Bertz CT molecular complexity index is 510. The predicted octanol–water partition coefficient (Wildman–Crippen LogP) is 2.71. The SMILES string of the molecule is COCC[C@@]1(O)CCN(c2cc(C(F)(F)F)ccn2)C[C@@H]1C. The number of alkyl halides is 3. The summed E-state index contributed by atoms with van der Waals surface area (Å²) in [6.45, 7) is 3.30. The molecule has 4 nitrogen and oxygen atoms in total. The molecule has 1 saturated heterocycles. The molecular weight excluding hydrogens is 297 g/mol. The number of hydrogen-bond acceptors (Lipinski definition) is 4. The van der Waals surface area contributed by atoms with Crippen molar-refractivity contribution in [1.82, 2.24) is 4.98 Å². The second-order valence-corrected chi connectivity index (χ2v) is 5.84. The van der Waals surface area contributed by atoms with Crippen LogP contribution in [-0.4, -0.2) is 42.5 Å². The van der Waals surface area contributed by atoms with Gasteiger partial charge in [0, 0.05) is 38.9 Å². The van der Waals surface area contributed by atoms with Gasteiger partial charge in [-0.2, -0.15) is 13.2 Å². The number of aliphatic hydroxyl groups is 1. The quantitative estimate of drug-likeness (QED) is 0.927. The minimum Gasteiger partial charge on any atom is -0.389 e. The molecule has 2 atom stereocenters. The second-order valence-electron chi connectivity index (χ2n) is 5.84. The molecule has 124 valence electrons. The molecule has 0 bridgehead atoms. The van der Waals surface area contributed by atoms with E-state index in [2.05, 4.69) is 4.98 Å². The predicted molar refractivity (Wildman–Crippen MR) is 76.7 cm³/mol. The number of anilines is 1. The first kappa shape index (κ1) is 17.0. The van der Waals surface area contributed by atoms with Gasteiger partial charge in [0.15, 0.2) is 0 Å². The third-order valence-corrected chi connectivity index (χ3v) is 4.36. The molecule has 1 aliphatic rings. The lowest BCUT2D eigenvalue weighted by molar-refractivity contribution is -0.137. The normalized spacial score (nSPS) is 26.3. The van der Waals surface area contributed by atoms with Crippen molar-refractivity contribution in [3.63, 3.8) is 0 Å². The number of hydrogen-bond donors (Lipinski definition) is 1. The molecule has 2 heterocycles. The smallest absolute Gasteiger partial charge is 0.389 e. The number of piperidine rings is 1. The Hall–Kier alpha value is -1.34. The zero-order valence-corrected chi connectivity index (χ0v) is 12.7. The molecule has 1 fully saturated rings. The average molecular weight is 318 g/mol. The van der Waals surface area contributed by atoms with E-state index < -0.39 is 17.3 Å². The summed E-state index contributed by atoms with van der Waals surface area (Å²) in [6.07, 6.45) is -2.20. The van der Waals surface area contributed by atoms with Crippen LogP contribution in [0.4, 0.5) is 19.0 Å². The molecule has 0 aliphatic carbocycles. The molecule has 1 N–H and O–H groups in total. The summed E-state index contributed by atoms with van der Waals surface area (Å²) in [6, 6.07) is 2.03. The summed E-state index contributed by atoms with van der Waals surface area (Å²) in [5.74, 6) is 0.225. The zero-order chi connectivity index (χ0) is 16.4. The Kier molecular flexibility index (Phi) is 4.97. The molecule has 0 amide bonds. The van der Waals surface area contributed by atoms with E-state index in [-0.39, 0.29) is 5.92 Å². The van der Waals surface area contributed by atoms with Crippen molar-refractivity contribution in [3.8, 4) is 0 Å². The van der Waals surface area contributed by atoms with Crippen LogP contribution in [0.2, 0.25) is 0 Å². The number of rotatable bonds is 4. The van der Waals surface area contributed by atoms with Gasteiger partial charge in [-0.3, -0.25) is 0 Å². The molecule has 0 aromatic carbocycles. The van der Waals surface area contributed by atoms with Crippen molar-refractivity contribution in [2.45, 2.75) is 31.5 Å². The van der Waals surface area contributed by atoms with E-state index in [0.29, 0.717) is 38.4 Å².